The molecule has 1 aromatic carbocycles. The predicted molar refractivity (Wildman–Crippen MR) is 78.3 cm³/mol. The van der Waals surface area contributed by atoms with Crippen LogP contribution in [0.1, 0.15) is 19.4 Å². The van der Waals surface area contributed by atoms with Crippen LogP contribution in [0.2, 0.25) is 0 Å². The topological polar surface area (TPSA) is 52.0 Å². The average molecular weight is 281 g/mol. The number of benzene rings is 1. The van der Waals surface area contributed by atoms with Gasteiger partial charge >= 0.3 is 0 Å². The molecule has 0 radical (unpaired) electrons. The van der Waals surface area contributed by atoms with Crippen molar-refractivity contribution in [2.24, 2.45) is 0 Å². The van der Waals surface area contributed by atoms with Crippen LogP contribution in [0.25, 0.3) is 0 Å². The third kappa shape index (κ3) is 4.13. The lowest BCUT2D eigenvalue weighted by molar-refractivity contribution is -0.908. The quantitative estimate of drug-likeness (QED) is 0.753. The summed E-state index contributed by atoms with van der Waals surface area (Å²) in [7, 11) is 5.25. The Bertz CT molecular complexity index is 449. The summed E-state index contributed by atoms with van der Waals surface area (Å²) in [5, 5.41) is 2.85. The Hall–Kier alpha value is -1.75. The zero-order valence-corrected chi connectivity index (χ0v) is 12.9. The first kappa shape index (κ1) is 16.3. The Morgan fingerprint density at radius 3 is 2.50 bits per heavy atom. The summed E-state index contributed by atoms with van der Waals surface area (Å²) in [6.07, 6.45) is 0. The van der Waals surface area contributed by atoms with Crippen molar-refractivity contribution in [3.63, 3.8) is 0 Å². The maximum atomic E-state index is 11.8. The van der Waals surface area contributed by atoms with Gasteiger partial charge in [-0.05, 0) is 32.0 Å². The van der Waals surface area contributed by atoms with Crippen LogP contribution in [0.3, 0.4) is 0 Å². The largest absolute Gasteiger partial charge is 0.493 e. The van der Waals surface area contributed by atoms with Gasteiger partial charge in [0.15, 0.2) is 17.5 Å². The Balaban J connectivity index is 2.75. The number of methoxy groups -OCH3 is 2. The molecule has 2 atom stereocenters. The standard InChI is InChI=1S/C15H24N2O3/c1-6-16-15(18)11(2)17(3)10-12-7-8-13(19-4)14(9-12)20-5/h7-9,11H,6,10H2,1-5H3,(H,16,18)/p+1/t11-/m0/s1. The van der Waals surface area contributed by atoms with Gasteiger partial charge in [-0.3, -0.25) is 4.79 Å². The van der Waals surface area contributed by atoms with Crippen LogP contribution in [0, 0.1) is 0 Å². The monoisotopic (exact) mass is 281 g/mol. The second-order valence-corrected chi connectivity index (χ2v) is 4.83. The van der Waals surface area contributed by atoms with Crippen molar-refractivity contribution in [1.29, 1.82) is 0 Å². The highest BCUT2D eigenvalue weighted by Gasteiger charge is 2.21. The van der Waals surface area contributed by atoms with E-state index in [1.54, 1.807) is 14.2 Å². The van der Waals surface area contributed by atoms with E-state index in [0.29, 0.717) is 18.0 Å². The van der Waals surface area contributed by atoms with Gasteiger partial charge in [0.1, 0.15) is 6.54 Å². The summed E-state index contributed by atoms with van der Waals surface area (Å²) in [5.41, 5.74) is 1.11. The molecule has 0 saturated heterocycles. The summed E-state index contributed by atoms with van der Waals surface area (Å²) in [4.78, 5) is 12.9. The van der Waals surface area contributed by atoms with E-state index in [1.165, 1.54) is 0 Å². The molecular weight excluding hydrogens is 256 g/mol. The number of ether oxygens (including phenoxy) is 2. The molecule has 1 amide bonds. The van der Waals surface area contributed by atoms with Gasteiger partial charge in [0.25, 0.3) is 5.91 Å². The second kappa shape index (κ2) is 7.75. The highest BCUT2D eigenvalue weighted by atomic mass is 16.5. The van der Waals surface area contributed by atoms with Gasteiger partial charge < -0.3 is 19.7 Å². The number of carbonyl (C=O) groups is 1. The van der Waals surface area contributed by atoms with Crippen LogP contribution in [-0.2, 0) is 11.3 Å². The first-order valence-corrected chi connectivity index (χ1v) is 6.84. The molecule has 0 saturated carbocycles. The normalized spacial score (nSPS) is 13.4. The van der Waals surface area contributed by atoms with Gasteiger partial charge in [-0.15, -0.1) is 0 Å². The molecule has 5 nitrogen and oxygen atoms in total. The second-order valence-electron chi connectivity index (χ2n) is 4.83. The highest BCUT2D eigenvalue weighted by Crippen LogP contribution is 2.27. The molecular formula is C15H25N2O3+. The van der Waals surface area contributed by atoms with E-state index in [-0.39, 0.29) is 11.9 Å². The van der Waals surface area contributed by atoms with E-state index < -0.39 is 0 Å². The minimum atomic E-state index is -0.0944. The van der Waals surface area contributed by atoms with Crippen molar-refractivity contribution in [3.05, 3.63) is 23.8 Å². The third-order valence-electron chi connectivity index (χ3n) is 3.41. The van der Waals surface area contributed by atoms with Crippen LogP contribution in [0.4, 0.5) is 0 Å². The Labute approximate surface area is 120 Å². The van der Waals surface area contributed by atoms with Gasteiger partial charge in [-0.1, -0.05) is 0 Å². The van der Waals surface area contributed by atoms with E-state index >= 15 is 0 Å². The third-order valence-corrected chi connectivity index (χ3v) is 3.41. The molecule has 0 aromatic heterocycles. The lowest BCUT2D eigenvalue weighted by Crippen LogP contribution is -3.12. The number of quaternary nitrogens is 1. The fraction of sp³-hybridized carbons (Fsp3) is 0.533. The van der Waals surface area contributed by atoms with E-state index in [0.717, 1.165) is 17.0 Å². The summed E-state index contributed by atoms with van der Waals surface area (Å²) in [6, 6.07) is 5.74. The molecule has 0 spiro atoms. The molecule has 0 fully saturated rings. The zero-order valence-electron chi connectivity index (χ0n) is 12.9. The summed E-state index contributed by atoms with van der Waals surface area (Å²) in [6.45, 7) is 5.26. The van der Waals surface area contributed by atoms with E-state index in [1.807, 2.05) is 39.1 Å². The Morgan fingerprint density at radius 2 is 1.95 bits per heavy atom. The molecule has 0 aliphatic heterocycles. The lowest BCUT2D eigenvalue weighted by atomic mass is 10.1. The number of amides is 1. The number of likely N-dealkylation sites (N-methyl/N-ethyl adjacent to an activating group) is 2. The van der Waals surface area contributed by atoms with E-state index in [4.69, 9.17) is 9.47 Å². The van der Waals surface area contributed by atoms with Crippen LogP contribution in [-0.4, -0.2) is 39.8 Å². The highest BCUT2D eigenvalue weighted by molar-refractivity contribution is 5.79. The van der Waals surface area contributed by atoms with E-state index in [9.17, 15) is 4.79 Å². The van der Waals surface area contributed by atoms with E-state index in [2.05, 4.69) is 5.32 Å². The molecule has 2 N–H and O–H groups in total. The fourth-order valence-electron chi connectivity index (χ4n) is 2.02. The average Bonchev–Trinajstić information content (AvgIpc) is 2.46. The lowest BCUT2D eigenvalue weighted by Gasteiger charge is -2.21. The van der Waals surface area contributed by atoms with Crippen LogP contribution < -0.4 is 19.7 Å². The molecule has 0 aliphatic rings. The van der Waals surface area contributed by atoms with Crippen LogP contribution in [0.15, 0.2) is 18.2 Å². The first-order valence-electron chi connectivity index (χ1n) is 6.84. The van der Waals surface area contributed by atoms with Crippen molar-refractivity contribution in [1.82, 2.24) is 5.32 Å². The summed E-state index contributed by atoms with van der Waals surface area (Å²) in [5.74, 6) is 1.50. The van der Waals surface area contributed by atoms with Crippen molar-refractivity contribution in [2.75, 3.05) is 27.8 Å². The van der Waals surface area contributed by atoms with Crippen LogP contribution in [0.5, 0.6) is 11.5 Å². The number of hydrogen-bond donors (Lipinski definition) is 2. The first-order chi connectivity index (χ1) is 9.53. The SMILES string of the molecule is CCNC(=O)[C@H](C)[NH+](C)Cc1ccc(OC)c(OC)c1. The number of nitrogens with one attached hydrogen (secondary N) is 2. The van der Waals surface area contributed by atoms with Crippen molar-refractivity contribution in [3.8, 4) is 11.5 Å². The molecule has 20 heavy (non-hydrogen) atoms. The minimum absolute atomic E-state index is 0.0745. The van der Waals surface area contributed by atoms with Crippen LogP contribution >= 0.6 is 0 Å². The molecule has 1 aromatic rings. The number of rotatable bonds is 7. The summed E-state index contributed by atoms with van der Waals surface area (Å²) >= 11 is 0. The zero-order chi connectivity index (χ0) is 15.1. The molecule has 1 rings (SSSR count). The van der Waals surface area contributed by atoms with Crippen molar-refractivity contribution < 1.29 is 19.2 Å². The molecule has 0 heterocycles. The molecule has 1 unspecified atom stereocenters. The Morgan fingerprint density at radius 1 is 1.30 bits per heavy atom. The Kier molecular flexibility index (Phi) is 6.31. The molecule has 5 heteroatoms. The maximum Gasteiger partial charge on any atom is 0.278 e. The summed E-state index contributed by atoms with van der Waals surface area (Å²) < 4.78 is 10.5. The number of hydrogen-bond acceptors (Lipinski definition) is 3. The van der Waals surface area contributed by atoms with Crippen molar-refractivity contribution >= 4 is 5.91 Å². The molecule has 112 valence electrons. The number of carbonyl (C=O) groups excluding carboxylic acids is 1. The predicted octanol–water partition coefficient (Wildman–Crippen LogP) is 0.243. The van der Waals surface area contributed by atoms with Gasteiger partial charge in [-0.2, -0.15) is 0 Å². The van der Waals surface area contributed by atoms with Gasteiger partial charge in [0.2, 0.25) is 0 Å². The minimum Gasteiger partial charge on any atom is -0.493 e. The smallest absolute Gasteiger partial charge is 0.278 e. The van der Waals surface area contributed by atoms with Gasteiger partial charge in [0.05, 0.1) is 21.3 Å². The van der Waals surface area contributed by atoms with Crippen molar-refractivity contribution in [2.45, 2.75) is 26.4 Å². The molecule has 0 bridgehead atoms. The molecule has 0 aliphatic carbocycles. The van der Waals surface area contributed by atoms with Gasteiger partial charge in [0, 0.05) is 12.1 Å². The maximum absolute atomic E-state index is 11.8. The van der Waals surface area contributed by atoms with Gasteiger partial charge in [-0.25, -0.2) is 0 Å². The fourth-order valence-corrected chi connectivity index (χ4v) is 2.02.